The van der Waals surface area contributed by atoms with Gasteiger partial charge in [-0.15, -0.1) is 0 Å². The van der Waals surface area contributed by atoms with Crippen LogP contribution >= 0.6 is 0 Å². The molecule has 1 amide bonds. The molecule has 1 heterocycles. The molecule has 3 rings (SSSR count). The molecular weight excluding hydrogens is 314 g/mol. The number of imidazole rings is 1. The average molecular weight is 328 g/mol. The highest BCUT2D eigenvalue weighted by Gasteiger charge is 2.12. The van der Waals surface area contributed by atoms with Gasteiger partial charge in [0.25, 0.3) is 5.91 Å². The molecule has 24 heavy (non-hydrogen) atoms. The Kier molecular flexibility index (Phi) is 4.24. The van der Waals surface area contributed by atoms with E-state index in [1.54, 1.807) is 22.9 Å². The second kappa shape index (κ2) is 6.49. The molecule has 0 spiro atoms. The van der Waals surface area contributed by atoms with Gasteiger partial charge in [-0.05, 0) is 29.8 Å². The van der Waals surface area contributed by atoms with Crippen LogP contribution in [0.2, 0.25) is 0 Å². The van der Waals surface area contributed by atoms with Crippen LogP contribution in [-0.4, -0.2) is 15.5 Å². The highest BCUT2D eigenvalue weighted by molar-refractivity contribution is 6.02. The van der Waals surface area contributed by atoms with Crippen molar-refractivity contribution >= 4 is 17.3 Å². The molecule has 7 heteroatoms. The molecule has 0 aliphatic carbocycles. The van der Waals surface area contributed by atoms with Crippen LogP contribution in [0.4, 0.5) is 20.2 Å². The van der Waals surface area contributed by atoms with Crippen LogP contribution in [0.3, 0.4) is 0 Å². The van der Waals surface area contributed by atoms with Gasteiger partial charge in [-0.2, -0.15) is 0 Å². The van der Waals surface area contributed by atoms with Crippen molar-refractivity contribution in [3.8, 4) is 0 Å². The van der Waals surface area contributed by atoms with Crippen LogP contribution < -0.4 is 11.1 Å². The molecule has 122 valence electrons. The summed E-state index contributed by atoms with van der Waals surface area (Å²) >= 11 is 0. The van der Waals surface area contributed by atoms with Gasteiger partial charge in [0.05, 0.1) is 12.0 Å². The molecular formula is C17H14F2N4O. The molecule has 0 fully saturated rings. The number of nitrogens with two attached hydrogens (primary N) is 1. The number of hydrogen-bond acceptors (Lipinski definition) is 3. The minimum absolute atomic E-state index is 0.102. The summed E-state index contributed by atoms with van der Waals surface area (Å²) in [7, 11) is 0. The van der Waals surface area contributed by atoms with Crippen molar-refractivity contribution in [2.75, 3.05) is 11.1 Å². The van der Waals surface area contributed by atoms with Crippen LogP contribution in [0.1, 0.15) is 16.1 Å². The predicted molar refractivity (Wildman–Crippen MR) is 86.5 cm³/mol. The minimum atomic E-state index is -0.843. The first-order valence-corrected chi connectivity index (χ1v) is 7.14. The quantitative estimate of drug-likeness (QED) is 0.723. The summed E-state index contributed by atoms with van der Waals surface area (Å²) in [5.41, 5.74) is 7.33. The molecule has 1 aromatic heterocycles. The fraction of sp³-hybridized carbons (Fsp3) is 0.0588. The maximum absolute atomic E-state index is 13.6. The molecule has 3 aromatic rings. The van der Waals surface area contributed by atoms with Gasteiger partial charge in [-0.1, -0.05) is 12.1 Å². The zero-order valence-electron chi connectivity index (χ0n) is 12.5. The fourth-order valence-electron chi connectivity index (χ4n) is 2.17. The third-order valence-electron chi connectivity index (χ3n) is 3.39. The van der Waals surface area contributed by atoms with E-state index in [9.17, 15) is 13.6 Å². The van der Waals surface area contributed by atoms with Gasteiger partial charge in [0, 0.05) is 24.5 Å². The lowest BCUT2D eigenvalue weighted by molar-refractivity contribution is 0.102. The van der Waals surface area contributed by atoms with Gasteiger partial charge in [0.1, 0.15) is 17.3 Å². The molecule has 5 nitrogen and oxygen atoms in total. The predicted octanol–water partition coefficient (Wildman–Crippen LogP) is 3.04. The van der Waals surface area contributed by atoms with Gasteiger partial charge in [-0.3, -0.25) is 4.79 Å². The SMILES string of the molecule is Nc1ccc(Cn2cnc(C(=O)Nc3ccc(F)cc3F)c2)cc1. The number of nitrogens with zero attached hydrogens (tertiary/aromatic N) is 2. The summed E-state index contributed by atoms with van der Waals surface area (Å²) in [6.07, 6.45) is 3.05. The summed E-state index contributed by atoms with van der Waals surface area (Å²) in [5.74, 6) is -2.13. The topological polar surface area (TPSA) is 72.9 Å². The van der Waals surface area contributed by atoms with Crippen molar-refractivity contribution in [3.63, 3.8) is 0 Å². The van der Waals surface area contributed by atoms with Crippen LogP contribution in [0, 0.1) is 11.6 Å². The number of carbonyl (C=O) groups is 1. The van der Waals surface area contributed by atoms with Gasteiger partial charge >= 0.3 is 0 Å². The number of amides is 1. The zero-order chi connectivity index (χ0) is 17.1. The molecule has 0 unspecified atom stereocenters. The average Bonchev–Trinajstić information content (AvgIpc) is 3.01. The normalized spacial score (nSPS) is 10.6. The Bertz CT molecular complexity index is 875. The third-order valence-corrected chi connectivity index (χ3v) is 3.39. The number of benzene rings is 2. The van der Waals surface area contributed by atoms with Crippen LogP contribution in [0.15, 0.2) is 55.0 Å². The van der Waals surface area contributed by atoms with E-state index < -0.39 is 17.5 Å². The van der Waals surface area contributed by atoms with Crippen LogP contribution in [0.5, 0.6) is 0 Å². The van der Waals surface area contributed by atoms with E-state index in [0.29, 0.717) is 18.3 Å². The number of carbonyl (C=O) groups excluding carboxylic acids is 1. The van der Waals surface area contributed by atoms with Crippen molar-refractivity contribution < 1.29 is 13.6 Å². The Balaban J connectivity index is 1.70. The molecule has 0 bridgehead atoms. The number of rotatable bonds is 4. The molecule has 2 aromatic carbocycles. The van der Waals surface area contributed by atoms with Gasteiger partial charge in [-0.25, -0.2) is 13.8 Å². The number of hydrogen-bond donors (Lipinski definition) is 2. The van der Waals surface area contributed by atoms with E-state index >= 15 is 0 Å². The Morgan fingerprint density at radius 2 is 1.92 bits per heavy atom. The highest BCUT2D eigenvalue weighted by atomic mass is 19.1. The molecule has 3 N–H and O–H groups in total. The van der Waals surface area contributed by atoms with Crippen molar-refractivity contribution in [1.82, 2.24) is 9.55 Å². The monoisotopic (exact) mass is 328 g/mol. The van der Waals surface area contributed by atoms with Crippen molar-refractivity contribution in [2.24, 2.45) is 0 Å². The summed E-state index contributed by atoms with van der Waals surface area (Å²) in [4.78, 5) is 16.1. The Morgan fingerprint density at radius 3 is 2.62 bits per heavy atom. The van der Waals surface area contributed by atoms with E-state index in [1.807, 2.05) is 12.1 Å². The van der Waals surface area contributed by atoms with E-state index in [1.165, 1.54) is 6.33 Å². The number of nitrogen functional groups attached to an aromatic ring is 1. The van der Waals surface area contributed by atoms with E-state index in [4.69, 9.17) is 5.73 Å². The van der Waals surface area contributed by atoms with Gasteiger partial charge in [0.15, 0.2) is 0 Å². The third kappa shape index (κ3) is 3.57. The second-order valence-corrected chi connectivity index (χ2v) is 5.25. The van der Waals surface area contributed by atoms with Crippen molar-refractivity contribution in [3.05, 3.63) is 77.9 Å². The maximum Gasteiger partial charge on any atom is 0.275 e. The molecule has 0 aliphatic rings. The number of nitrogens with one attached hydrogen (secondary N) is 1. The molecule has 0 saturated carbocycles. The first kappa shape index (κ1) is 15.7. The van der Waals surface area contributed by atoms with E-state index in [-0.39, 0.29) is 11.4 Å². The minimum Gasteiger partial charge on any atom is -0.399 e. The summed E-state index contributed by atoms with van der Waals surface area (Å²) in [6.45, 7) is 0.519. The first-order valence-electron chi connectivity index (χ1n) is 7.14. The number of aromatic nitrogens is 2. The number of anilines is 2. The van der Waals surface area contributed by atoms with Gasteiger partial charge < -0.3 is 15.6 Å². The maximum atomic E-state index is 13.6. The highest BCUT2D eigenvalue weighted by Crippen LogP contribution is 2.16. The van der Waals surface area contributed by atoms with Crippen LogP contribution in [0.25, 0.3) is 0 Å². The lowest BCUT2D eigenvalue weighted by Gasteiger charge is -2.05. The van der Waals surface area contributed by atoms with E-state index in [2.05, 4.69) is 10.3 Å². The molecule has 0 aliphatic heterocycles. The summed E-state index contributed by atoms with van der Waals surface area (Å²) in [5, 5.41) is 2.37. The lowest BCUT2D eigenvalue weighted by atomic mass is 10.2. The molecule has 0 atom stereocenters. The van der Waals surface area contributed by atoms with Crippen molar-refractivity contribution in [2.45, 2.75) is 6.54 Å². The molecule has 0 saturated heterocycles. The fourth-order valence-corrected chi connectivity index (χ4v) is 2.17. The Morgan fingerprint density at radius 1 is 1.17 bits per heavy atom. The summed E-state index contributed by atoms with van der Waals surface area (Å²) in [6, 6.07) is 10.3. The lowest BCUT2D eigenvalue weighted by Crippen LogP contribution is -2.13. The van der Waals surface area contributed by atoms with E-state index in [0.717, 1.165) is 17.7 Å². The smallest absolute Gasteiger partial charge is 0.275 e. The second-order valence-electron chi connectivity index (χ2n) is 5.25. The summed E-state index contributed by atoms with van der Waals surface area (Å²) < 4.78 is 28.2. The first-order chi connectivity index (χ1) is 11.5. The standard InChI is InChI=1S/C17H14F2N4O/c18-12-3-6-15(14(19)7-12)22-17(24)16-9-23(10-21-16)8-11-1-4-13(20)5-2-11/h1-7,9-10H,8,20H2,(H,22,24). The van der Waals surface area contributed by atoms with Gasteiger partial charge in [0.2, 0.25) is 0 Å². The Hall–Kier alpha value is -3.22. The zero-order valence-corrected chi connectivity index (χ0v) is 12.5. The van der Waals surface area contributed by atoms with Crippen molar-refractivity contribution in [1.29, 1.82) is 0 Å². The number of halogens is 2. The molecule has 0 radical (unpaired) electrons. The van der Waals surface area contributed by atoms with Crippen LogP contribution in [-0.2, 0) is 6.54 Å². The largest absolute Gasteiger partial charge is 0.399 e. The Labute approximate surface area is 136 Å².